The molecule has 0 saturated carbocycles. The van der Waals surface area contributed by atoms with Crippen LogP contribution < -0.4 is 11.1 Å². The molecule has 0 unspecified atom stereocenters. The lowest BCUT2D eigenvalue weighted by atomic mass is 10.0. The molecule has 0 atom stereocenters. The zero-order valence-electron chi connectivity index (χ0n) is 21.8. The minimum Gasteiger partial charge on any atom is -0.389 e. The van der Waals surface area contributed by atoms with Crippen LogP contribution in [0, 0.1) is 0 Å². The minimum absolute atomic E-state index is 0.142. The third kappa shape index (κ3) is 6.02. The maximum Gasteiger partial charge on any atom is 0.511 e. The van der Waals surface area contributed by atoms with Crippen molar-refractivity contribution in [1.29, 1.82) is 0 Å². The third-order valence-corrected chi connectivity index (χ3v) is 9.17. The zero-order chi connectivity index (χ0) is 29.4. The van der Waals surface area contributed by atoms with E-state index in [1.807, 2.05) is 65.4 Å². The van der Waals surface area contributed by atoms with Gasteiger partial charge in [0.1, 0.15) is 4.99 Å². The van der Waals surface area contributed by atoms with E-state index >= 15 is 0 Å². The molecule has 2 aromatic carbocycles. The first-order chi connectivity index (χ1) is 19.4. The van der Waals surface area contributed by atoms with Gasteiger partial charge in [0.2, 0.25) is 5.91 Å². The molecule has 0 radical (unpaired) electrons. The van der Waals surface area contributed by atoms with E-state index in [0.29, 0.717) is 9.87 Å². The van der Waals surface area contributed by atoms with Crippen molar-refractivity contribution in [3.05, 3.63) is 83.8 Å². The summed E-state index contributed by atoms with van der Waals surface area (Å²) in [5.74, 6) is -0.142. The Morgan fingerprint density at radius 2 is 1.85 bits per heavy atom. The maximum atomic E-state index is 13.1. The number of nitrogens with one attached hydrogen (secondary N) is 2. The molecule has 3 heterocycles. The van der Waals surface area contributed by atoms with E-state index in [1.54, 1.807) is 6.20 Å². The number of fused-ring (bicyclic) bond motifs is 1. The second-order valence-corrected chi connectivity index (χ2v) is 12.3. The number of halogens is 3. The largest absolute Gasteiger partial charge is 0.511 e. The number of H-pyrrole nitrogens is 1. The Morgan fingerprint density at radius 3 is 2.51 bits per heavy atom. The van der Waals surface area contributed by atoms with Gasteiger partial charge in [-0.05, 0) is 48.2 Å². The lowest BCUT2D eigenvalue weighted by molar-refractivity contribution is -0.120. The molecule has 0 bridgehead atoms. The number of hydrogen-bond donors (Lipinski definition) is 3. The van der Waals surface area contributed by atoms with Gasteiger partial charge in [-0.1, -0.05) is 42.5 Å². The fourth-order valence-corrected chi connectivity index (χ4v) is 6.31. The number of sulfonamides is 1. The van der Waals surface area contributed by atoms with Crippen molar-refractivity contribution in [2.75, 3.05) is 13.1 Å². The molecular weight excluding hydrogens is 575 g/mol. The van der Waals surface area contributed by atoms with Crippen LogP contribution in [0.3, 0.4) is 0 Å². The van der Waals surface area contributed by atoms with Gasteiger partial charge in [0.25, 0.3) is 0 Å². The molecule has 4 aromatic rings. The van der Waals surface area contributed by atoms with Crippen LogP contribution in [0.15, 0.2) is 67.0 Å². The molecule has 1 fully saturated rings. The fraction of sp³-hybridized carbons (Fsp3) is 0.286. The Kier molecular flexibility index (Phi) is 7.95. The number of piperidine rings is 1. The molecule has 0 spiro atoms. The molecule has 2 aromatic heterocycles. The Bertz CT molecular complexity index is 1690. The van der Waals surface area contributed by atoms with Crippen LogP contribution in [-0.2, 0) is 27.8 Å². The van der Waals surface area contributed by atoms with Gasteiger partial charge in [-0.15, -0.1) is 0 Å². The predicted molar refractivity (Wildman–Crippen MR) is 154 cm³/mol. The lowest BCUT2D eigenvalue weighted by Crippen LogP contribution is -2.45. The molecule has 5 rings (SSSR count). The number of nitrogens with two attached hydrogens (primary N) is 1. The van der Waals surface area contributed by atoms with E-state index in [1.165, 1.54) is 0 Å². The second-order valence-electron chi connectivity index (χ2n) is 9.98. The van der Waals surface area contributed by atoms with Crippen molar-refractivity contribution >= 4 is 44.0 Å². The van der Waals surface area contributed by atoms with E-state index in [9.17, 15) is 26.4 Å². The highest BCUT2D eigenvalue weighted by molar-refractivity contribution is 7.90. The summed E-state index contributed by atoms with van der Waals surface area (Å²) in [6.07, 6.45) is 4.33. The molecule has 1 amide bonds. The number of carbonyl (C=O) groups excluding carboxylic acids is 1. The summed E-state index contributed by atoms with van der Waals surface area (Å²) in [5.41, 5.74) is 5.44. The van der Waals surface area contributed by atoms with Gasteiger partial charge < -0.3 is 20.6 Å². The lowest BCUT2D eigenvalue weighted by Gasteiger charge is -2.32. The molecule has 8 nitrogen and oxygen atoms in total. The average Bonchev–Trinajstić information content (AvgIpc) is 3.59. The highest BCUT2D eigenvalue weighted by atomic mass is 32.2. The quantitative estimate of drug-likeness (QED) is 0.255. The summed E-state index contributed by atoms with van der Waals surface area (Å²) in [5, 5.41) is 3.82. The van der Waals surface area contributed by atoms with Gasteiger partial charge in [0.05, 0.1) is 6.42 Å². The van der Waals surface area contributed by atoms with Crippen molar-refractivity contribution < 1.29 is 26.4 Å². The number of aromatic nitrogens is 2. The monoisotopic (exact) mass is 603 g/mol. The number of hydrogen-bond acceptors (Lipinski definition) is 4. The normalized spacial score (nSPS) is 15.3. The van der Waals surface area contributed by atoms with E-state index < -0.39 is 15.5 Å². The van der Waals surface area contributed by atoms with Gasteiger partial charge >= 0.3 is 15.5 Å². The first kappa shape index (κ1) is 28.8. The summed E-state index contributed by atoms with van der Waals surface area (Å²) in [4.78, 5) is 15.7. The summed E-state index contributed by atoms with van der Waals surface area (Å²) in [7, 11) is -5.38. The summed E-state index contributed by atoms with van der Waals surface area (Å²) in [6.45, 7) is -0.199. The van der Waals surface area contributed by atoms with Gasteiger partial charge in [-0.3, -0.25) is 4.79 Å². The third-order valence-electron chi connectivity index (χ3n) is 7.31. The zero-order valence-corrected chi connectivity index (χ0v) is 23.5. The average molecular weight is 604 g/mol. The van der Waals surface area contributed by atoms with E-state index in [-0.39, 0.29) is 55.8 Å². The number of rotatable bonds is 8. The number of nitrogens with zero attached hydrogens (tertiary/aromatic N) is 2. The summed E-state index contributed by atoms with van der Waals surface area (Å²) in [6, 6.07) is 16.7. The molecule has 0 aliphatic carbocycles. The van der Waals surface area contributed by atoms with Crippen molar-refractivity contribution in [2.24, 2.45) is 5.73 Å². The molecule has 1 saturated heterocycles. The highest BCUT2D eigenvalue weighted by Gasteiger charge is 2.50. The Balaban J connectivity index is 1.46. The topological polar surface area (TPSA) is 113 Å². The van der Waals surface area contributed by atoms with Gasteiger partial charge in [0, 0.05) is 65.8 Å². The van der Waals surface area contributed by atoms with Gasteiger partial charge in [-0.25, -0.2) is 8.42 Å². The van der Waals surface area contributed by atoms with Crippen molar-refractivity contribution in [3.63, 3.8) is 0 Å². The van der Waals surface area contributed by atoms with Crippen molar-refractivity contribution in [3.8, 4) is 11.1 Å². The number of carbonyl (C=O) groups is 1. The Labute approximate surface area is 240 Å². The van der Waals surface area contributed by atoms with Gasteiger partial charge in [-0.2, -0.15) is 17.5 Å². The van der Waals surface area contributed by atoms with Crippen LogP contribution in [-0.4, -0.2) is 51.8 Å². The molecular formula is C28H28F3N5O3S2. The van der Waals surface area contributed by atoms with E-state index in [4.69, 9.17) is 18.0 Å². The molecule has 1 aliphatic rings. The van der Waals surface area contributed by atoms with Crippen LogP contribution in [0.5, 0.6) is 0 Å². The molecule has 216 valence electrons. The minimum atomic E-state index is -5.38. The van der Waals surface area contributed by atoms with Crippen LogP contribution >= 0.6 is 12.2 Å². The molecule has 4 N–H and O–H groups in total. The molecule has 41 heavy (non-hydrogen) atoms. The number of alkyl halides is 3. The number of amides is 1. The van der Waals surface area contributed by atoms with E-state index in [0.717, 1.165) is 33.3 Å². The van der Waals surface area contributed by atoms with Gasteiger partial charge in [0.15, 0.2) is 0 Å². The van der Waals surface area contributed by atoms with Crippen molar-refractivity contribution in [1.82, 2.24) is 19.2 Å². The molecule has 1 aliphatic heterocycles. The summed E-state index contributed by atoms with van der Waals surface area (Å²) < 4.78 is 65.8. The smallest absolute Gasteiger partial charge is 0.389 e. The fourth-order valence-electron chi connectivity index (χ4n) is 5.20. The van der Waals surface area contributed by atoms with Crippen molar-refractivity contribution in [2.45, 2.75) is 37.4 Å². The summed E-state index contributed by atoms with van der Waals surface area (Å²) >= 11 is 5.15. The predicted octanol–water partition coefficient (Wildman–Crippen LogP) is 4.62. The van der Waals surface area contributed by atoms with Crippen LogP contribution in [0.1, 0.15) is 35.7 Å². The standard InChI is InChI=1S/C28H28F3N5O3S2/c29-28(30,31)41(38,39)35-11-8-22(9-12-35)36-17-24(19-3-1-4-20(14-19)27(32)40)23-7-6-18(13-25(23)36)16-34-26(37)15-21-5-2-10-33-21/h1-7,10,13-14,17,22,33H,8-9,11-12,15-16H2,(H2,32,40)(H,34,37). The Hall–Kier alpha value is -3.68. The SMILES string of the molecule is NC(=S)c1cccc(-c2cn(C3CCN(S(=O)(=O)C(F)(F)F)CC3)c3cc(CNC(=O)Cc4ccc[nH]4)ccc23)c1. The van der Waals surface area contributed by atoms with E-state index in [2.05, 4.69) is 10.3 Å². The Morgan fingerprint density at radius 1 is 1.10 bits per heavy atom. The maximum absolute atomic E-state index is 13.1. The van der Waals surface area contributed by atoms with Crippen LogP contribution in [0.25, 0.3) is 22.0 Å². The number of aromatic amines is 1. The van der Waals surface area contributed by atoms with Crippen LogP contribution in [0.2, 0.25) is 0 Å². The number of benzene rings is 2. The first-order valence-electron chi connectivity index (χ1n) is 12.9. The number of thiocarbonyl (C=S) groups is 1. The highest BCUT2D eigenvalue weighted by Crippen LogP contribution is 2.38. The molecule has 13 heteroatoms. The second kappa shape index (κ2) is 11.3. The first-order valence-corrected chi connectivity index (χ1v) is 14.8. The van der Waals surface area contributed by atoms with Crippen LogP contribution in [0.4, 0.5) is 13.2 Å².